The third-order valence-corrected chi connectivity index (χ3v) is 6.81. The average Bonchev–Trinajstić information content (AvgIpc) is 3.17. The predicted molar refractivity (Wildman–Crippen MR) is 122 cm³/mol. The summed E-state index contributed by atoms with van der Waals surface area (Å²) in [6, 6.07) is 12.9. The number of carbonyl (C=O) groups excluding carboxylic acids is 2. The molecule has 6 nitrogen and oxygen atoms in total. The normalized spacial score (nSPS) is 17.2. The first-order valence-corrected chi connectivity index (χ1v) is 11.2. The standard InChI is InChI=1S/C24H21Cl2N3O3/c1-15-19(14-27-29(15)17-5-3-2-4-6-17)23(31)28-9-7-24(8-10-28)13-21(30)18-11-16(25)12-20(26)22(18)32-24/h2-6,11-12,14H,7-10,13H2,1H3. The molecule has 1 aromatic heterocycles. The molecular weight excluding hydrogens is 449 g/mol. The summed E-state index contributed by atoms with van der Waals surface area (Å²) in [5.41, 5.74) is 2.06. The Hall–Kier alpha value is -2.83. The molecule has 164 valence electrons. The first-order valence-electron chi connectivity index (χ1n) is 10.5. The van der Waals surface area contributed by atoms with Gasteiger partial charge in [0.25, 0.3) is 5.91 Å². The van der Waals surface area contributed by atoms with Gasteiger partial charge in [0, 0.05) is 31.0 Å². The van der Waals surface area contributed by atoms with E-state index in [0.717, 1.165) is 11.4 Å². The van der Waals surface area contributed by atoms with Gasteiger partial charge in [-0.05, 0) is 31.2 Å². The zero-order valence-electron chi connectivity index (χ0n) is 17.5. The van der Waals surface area contributed by atoms with Gasteiger partial charge in [-0.1, -0.05) is 41.4 Å². The average molecular weight is 470 g/mol. The maximum atomic E-state index is 13.2. The van der Waals surface area contributed by atoms with Crippen LogP contribution in [0.5, 0.6) is 5.75 Å². The van der Waals surface area contributed by atoms with E-state index in [2.05, 4.69) is 5.10 Å². The fraction of sp³-hybridized carbons (Fsp3) is 0.292. The van der Waals surface area contributed by atoms with Crippen molar-refractivity contribution < 1.29 is 14.3 Å². The molecule has 2 aliphatic heterocycles. The molecule has 1 saturated heterocycles. The van der Waals surface area contributed by atoms with Gasteiger partial charge in [-0.3, -0.25) is 9.59 Å². The summed E-state index contributed by atoms with van der Waals surface area (Å²) >= 11 is 12.4. The lowest BCUT2D eigenvalue weighted by Crippen LogP contribution is -2.52. The van der Waals surface area contributed by atoms with Crippen LogP contribution in [0.15, 0.2) is 48.7 Å². The Bertz CT molecular complexity index is 1210. The van der Waals surface area contributed by atoms with Crippen LogP contribution in [0.25, 0.3) is 5.69 Å². The number of hydrogen-bond acceptors (Lipinski definition) is 4. The first-order chi connectivity index (χ1) is 15.4. The van der Waals surface area contributed by atoms with Crippen molar-refractivity contribution >= 4 is 34.9 Å². The van der Waals surface area contributed by atoms with Gasteiger partial charge < -0.3 is 9.64 Å². The number of rotatable bonds is 2. The summed E-state index contributed by atoms with van der Waals surface area (Å²) in [6.07, 6.45) is 2.97. The number of halogens is 2. The number of carbonyl (C=O) groups is 2. The van der Waals surface area contributed by atoms with Gasteiger partial charge in [0.05, 0.1) is 40.1 Å². The van der Waals surface area contributed by atoms with Gasteiger partial charge in [0.15, 0.2) is 5.78 Å². The smallest absolute Gasteiger partial charge is 0.257 e. The topological polar surface area (TPSA) is 64.4 Å². The van der Waals surface area contributed by atoms with Crippen LogP contribution < -0.4 is 4.74 Å². The highest BCUT2D eigenvalue weighted by molar-refractivity contribution is 6.36. The highest BCUT2D eigenvalue weighted by atomic mass is 35.5. The van der Waals surface area contributed by atoms with Gasteiger partial charge in [0.2, 0.25) is 0 Å². The SMILES string of the molecule is Cc1c(C(=O)N2CCC3(CC2)CC(=O)c2cc(Cl)cc(Cl)c2O3)cnn1-c1ccccc1. The minimum Gasteiger partial charge on any atom is -0.484 e. The number of Topliss-reactive ketones (excluding diaryl/α,β-unsaturated/α-hetero) is 1. The van der Waals surface area contributed by atoms with Gasteiger partial charge in [-0.2, -0.15) is 5.10 Å². The Morgan fingerprint density at radius 1 is 1.12 bits per heavy atom. The Morgan fingerprint density at radius 2 is 1.84 bits per heavy atom. The van der Waals surface area contributed by atoms with Crippen molar-refractivity contribution in [3.63, 3.8) is 0 Å². The van der Waals surface area contributed by atoms with E-state index in [9.17, 15) is 9.59 Å². The first kappa shape index (κ1) is 21.0. The molecule has 0 saturated carbocycles. The highest BCUT2D eigenvalue weighted by Gasteiger charge is 2.44. The maximum Gasteiger partial charge on any atom is 0.257 e. The molecule has 1 amide bonds. The number of nitrogens with zero attached hydrogens (tertiary/aromatic N) is 3. The molecule has 32 heavy (non-hydrogen) atoms. The third-order valence-electron chi connectivity index (χ3n) is 6.31. The molecule has 0 N–H and O–H groups in total. The van der Waals surface area contributed by atoms with Crippen LogP contribution in [0.4, 0.5) is 0 Å². The molecular formula is C24H21Cl2N3O3. The van der Waals surface area contributed by atoms with E-state index < -0.39 is 5.60 Å². The molecule has 1 fully saturated rings. The van der Waals surface area contributed by atoms with E-state index >= 15 is 0 Å². The summed E-state index contributed by atoms with van der Waals surface area (Å²) in [4.78, 5) is 27.8. The number of para-hydroxylation sites is 1. The maximum absolute atomic E-state index is 13.2. The van der Waals surface area contributed by atoms with Gasteiger partial charge in [-0.15, -0.1) is 0 Å². The van der Waals surface area contributed by atoms with Crippen LogP contribution >= 0.6 is 23.2 Å². The minimum atomic E-state index is -0.651. The van der Waals surface area contributed by atoms with E-state index in [4.69, 9.17) is 27.9 Å². The van der Waals surface area contributed by atoms with Crippen molar-refractivity contribution in [3.05, 3.63) is 75.5 Å². The predicted octanol–water partition coefficient (Wildman–Crippen LogP) is 5.13. The molecule has 0 radical (unpaired) electrons. The number of benzene rings is 2. The van der Waals surface area contributed by atoms with Gasteiger partial charge in [-0.25, -0.2) is 4.68 Å². The van der Waals surface area contributed by atoms with Crippen LogP contribution in [0.3, 0.4) is 0 Å². The molecule has 2 aromatic carbocycles. The Labute approximate surface area is 195 Å². The Morgan fingerprint density at radius 3 is 2.56 bits per heavy atom. The van der Waals surface area contributed by atoms with Crippen molar-refractivity contribution in [1.29, 1.82) is 0 Å². The monoisotopic (exact) mass is 469 g/mol. The van der Waals surface area contributed by atoms with Crippen molar-refractivity contribution in [1.82, 2.24) is 14.7 Å². The van der Waals surface area contributed by atoms with Crippen LogP contribution in [0, 0.1) is 6.92 Å². The second-order valence-electron chi connectivity index (χ2n) is 8.33. The lowest BCUT2D eigenvalue weighted by atomic mass is 9.82. The zero-order chi connectivity index (χ0) is 22.5. The molecule has 0 unspecified atom stereocenters. The number of ether oxygens (including phenoxy) is 1. The quantitative estimate of drug-likeness (QED) is 0.521. The molecule has 1 spiro atoms. The summed E-state index contributed by atoms with van der Waals surface area (Å²) in [5.74, 6) is 0.300. The van der Waals surface area contributed by atoms with Crippen LogP contribution in [0.2, 0.25) is 10.0 Å². The number of ketones is 1. The van der Waals surface area contributed by atoms with Crippen LogP contribution in [-0.4, -0.2) is 45.1 Å². The summed E-state index contributed by atoms with van der Waals surface area (Å²) in [6.45, 7) is 2.87. The second kappa shape index (κ2) is 7.94. The van der Waals surface area contributed by atoms with Crippen LogP contribution in [0.1, 0.15) is 45.7 Å². The van der Waals surface area contributed by atoms with Gasteiger partial charge in [0.1, 0.15) is 11.4 Å². The van der Waals surface area contributed by atoms with Gasteiger partial charge >= 0.3 is 0 Å². The molecule has 5 rings (SSSR count). The zero-order valence-corrected chi connectivity index (χ0v) is 19.0. The fourth-order valence-electron chi connectivity index (χ4n) is 4.53. The summed E-state index contributed by atoms with van der Waals surface area (Å²) < 4.78 is 8.04. The number of amides is 1. The molecule has 8 heteroatoms. The molecule has 3 aromatic rings. The molecule has 3 heterocycles. The third kappa shape index (κ3) is 3.57. The summed E-state index contributed by atoms with van der Waals surface area (Å²) in [7, 11) is 0. The van der Waals surface area contributed by atoms with Crippen molar-refractivity contribution in [2.24, 2.45) is 0 Å². The number of aromatic nitrogens is 2. The largest absolute Gasteiger partial charge is 0.484 e. The van der Waals surface area contributed by atoms with Crippen molar-refractivity contribution in [3.8, 4) is 11.4 Å². The second-order valence-corrected chi connectivity index (χ2v) is 9.18. The lowest BCUT2D eigenvalue weighted by Gasteiger charge is -2.44. The highest BCUT2D eigenvalue weighted by Crippen LogP contribution is 2.44. The van der Waals surface area contributed by atoms with E-state index in [1.165, 1.54) is 0 Å². The lowest BCUT2D eigenvalue weighted by molar-refractivity contribution is -0.00566. The van der Waals surface area contributed by atoms with Crippen molar-refractivity contribution in [2.45, 2.75) is 31.8 Å². The Balaban J connectivity index is 1.33. The number of hydrogen-bond donors (Lipinski definition) is 0. The van der Waals surface area contributed by atoms with E-state index in [-0.39, 0.29) is 18.1 Å². The molecule has 0 bridgehead atoms. The number of likely N-dealkylation sites (tertiary alicyclic amines) is 1. The van der Waals surface area contributed by atoms with E-state index in [1.54, 1.807) is 27.9 Å². The van der Waals surface area contributed by atoms with Crippen molar-refractivity contribution in [2.75, 3.05) is 13.1 Å². The van der Waals surface area contributed by atoms with E-state index in [1.807, 2.05) is 37.3 Å². The Kier molecular flexibility index (Phi) is 5.22. The molecule has 0 atom stereocenters. The van der Waals surface area contributed by atoms with E-state index in [0.29, 0.717) is 52.9 Å². The van der Waals surface area contributed by atoms with Crippen LogP contribution in [-0.2, 0) is 0 Å². The minimum absolute atomic E-state index is 0.0320. The number of piperidine rings is 1. The number of fused-ring (bicyclic) bond motifs is 1. The summed E-state index contributed by atoms with van der Waals surface area (Å²) in [5, 5.41) is 5.16. The fourth-order valence-corrected chi connectivity index (χ4v) is 5.06. The molecule has 0 aliphatic carbocycles. The molecule has 2 aliphatic rings.